The lowest BCUT2D eigenvalue weighted by Crippen LogP contribution is -2.50. The normalized spacial score (nSPS) is 25.9. The Labute approximate surface area is 289 Å². The van der Waals surface area contributed by atoms with Crippen molar-refractivity contribution in [2.75, 3.05) is 36.4 Å². The minimum absolute atomic E-state index is 0.0623. The summed E-state index contributed by atoms with van der Waals surface area (Å²) in [5, 5.41) is 18.1. The molecule has 9 nitrogen and oxygen atoms in total. The van der Waals surface area contributed by atoms with Crippen molar-refractivity contribution in [2.45, 2.75) is 106 Å². The number of benzene rings is 1. The molecule has 4 heterocycles. The molecule has 2 amide bonds. The Morgan fingerprint density at radius 1 is 0.673 bits per heavy atom. The van der Waals surface area contributed by atoms with Gasteiger partial charge in [-0.15, -0.1) is 0 Å². The molecule has 49 heavy (non-hydrogen) atoms. The molecule has 0 unspecified atom stereocenters. The number of hydrogen-bond donors (Lipinski definition) is 3. The third-order valence-corrected chi connectivity index (χ3v) is 12.2. The van der Waals surface area contributed by atoms with Crippen molar-refractivity contribution < 1.29 is 24.3 Å². The first-order valence-corrected chi connectivity index (χ1v) is 17.7. The Balaban J connectivity index is 1.54. The number of rotatable bonds is 3. The summed E-state index contributed by atoms with van der Waals surface area (Å²) in [7, 11) is 0. The lowest BCUT2D eigenvalue weighted by atomic mass is 9.62. The molecule has 9 heteroatoms. The van der Waals surface area contributed by atoms with Gasteiger partial charge in [-0.2, -0.15) is 0 Å². The van der Waals surface area contributed by atoms with E-state index in [0.717, 1.165) is 79.9 Å². The second kappa shape index (κ2) is 10.4. The van der Waals surface area contributed by atoms with Crippen LogP contribution >= 0.6 is 0 Å². The number of hydrogen-bond acceptors (Lipinski definition) is 7. The molecular formula is C40H50N4O5. The number of Topliss-reactive ketones (excluding diaryl/α,β-unsaturated/α-hetero) is 2. The monoisotopic (exact) mass is 666 g/mol. The summed E-state index contributed by atoms with van der Waals surface area (Å²) in [5.74, 6) is -1.70. The molecule has 1 saturated heterocycles. The quantitative estimate of drug-likeness (QED) is 0.322. The van der Waals surface area contributed by atoms with Crippen LogP contribution in [-0.4, -0.2) is 59.6 Å². The number of carbonyl (C=O) groups is 4. The van der Waals surface area contributed by atoms with E-state index >= 15 is 0 Å². The van der Waals surface area contributed by atoms with Gasteiger partial charge in [-0.3, -0.25) is 19.2 Å². The molecule has 4 aliphatic heterocycles. The minimum atomic E-state index is -0.479. The van der Waals surface area contributed by atoms with Gasteiger partial charge < -0.3 is 25.5 Å². The van der Waals surface area contributed by atoms with Crippen molar-refractivity contribution in [3.63, 3.8) is 0 Å². The number of nitrogens with zero attached hydrogens (tertiary/aromatic N) is 2. The largest absolute Gasteiger partial charge is 0.506 e. The van der Waals surface area contributed by atoms with Gasteiger partial charge in [0, 0.05) is 68.0 Å². The van der Waals surface area contributed by atoms with E-state index in [4.69, 9.17) is 0 Å². The van der Waals surface area contributed by atoms with Crippen molar-refractivity contribution in [1.29, 1.82) is 0 Å². The number of piperidine rings is 1. The van der Waals surface area contributed by atoms with Gasteiger partial charge in [0.05, 0.1) is 33.8 Å². The fourth-order valence-corrected chi connectivity index (χ4v) is 9.26. The first-order chi connectivity index (χ1) is 22.7. The predicted molar refractivity (Wildman–Crippen MR) is 191 cm³/mol. The van der Waals surface area contributed by atoms with Gasteiger partial charge in [0.25, 0.3) is 0 Å². The van der Waals surface area contributed by atoms with Gasteiger partial charge in [0.2, 0.25) is 17.6 Å². The topological polar surface area (TPSA) is 119 Å². The van der Waals surface area contributed by atoms with Crippen molar-refractivity contribution in [1.82, 2.24) is 10.2 Å². The maximum absolute atomic E-state index is 14.8. The van der Waals surface area contributed by atoms with Crippen LogP contribution in [0, 0.1) is 10.8 Å². The Morgan fingerprint density at radius 3 is 1.78 bits per heavy atom. The zero-order chi connectivity index (χ0) is 35.7. The number of amides is 2. The Morgan fingerprint density at radius 2 is 1.20 bits per heavy atom. The highest BCUT2D eigenvalue weighted by Crippen LogP contribution is 2.58. The summed E-state index contributed by atoms with van der Waals surface area (Å²) < 4.78 is 0. The molecule has 0 saturated carbocycles. The van der Waals surface area contributed by atoms with Gasteiger partial charge in [-0.1, -0.05) is 55.4 Å². The molecular weight excluding hydrogens is 616 g/mol. The summed E-state index contributed by atoms with van der Waals surface area (Å²) >= 11 is 0. The summed E-state index contributed by atoms with van der Waals surface area (Å²) in [6.07, 6.45) is 3.37. The molecule has 0 bridgehead atoms. The number of ketones is 2. The summed E-state index contributed by atoms with van der Waals surface area (Å²) in [4.78, 5) is 59.7. The van der Waals surface area contributed by atoms with Crippen molar-refractivity contribution in [3.8, 4) is 0 Å². The van der Waals surface area contributed by atoms with E-state index in [1.54, 1.807) is 0 Å². The summed E-state index contributed by atoms with van der Waals surface area (Å²) in [6, 6.07) is 1.98. The van der Waals surface area contributed by atoms with Crippen molar-refractivity contribution in [2.24, 2.45) is 10.8 Å². The van der Waals surface area contributed by atoms with Gasteiger partial charge in [0.1, 0.15) is 5.76 Å². The van der Waals surface area contributed by atoms with E-state index in [0.29, 0.717) is 22.5 Å². The SMILES string of the molecule is CC(=O)NC1=C2C3=C(C(=O)/C1=C1\C(=O)C(c4cc5c6c(c4NC(C)=O)C(C)(C)CCN6CCC5(C)C)=C1O)C(C)(C)CCN3CCC2(C)C. The van der Waals surface area contributed by atoms with Crippen LogP contribution in [0.15, 0.2) is 45.5 Å². The molecule has 7 rings (SSSR count). The smallest absolute Gasteiger partial charge is 0.221 e. The number of aliphatic hydroxyl groups excluding tert-OH is 1. The van der Waals surface area contributed by atoms with Crippen LogP contribution in [0.3, 0.4) is 0 Å². The van der Waals surface area contributed by atoms with Crippen LogP contribution in [-0.2, 0) is 30.0 Å². The first-order valence-electron chi connectivity index (χ1n) is 17.7. The number of allylic oxidation sites excluding steroid dienone is 5. The van der Waals surface area contributed by atoms with Gasteiger partial charge >= 0.3 is 0 Å². The lowest BCUT2D eigenvalue weighted by Gasteiger charge is -2.52. The van der Waals surface area contributed by atoms with E-state index in [1.165, 1.54) is 13.8 Å². The highest BCUT2D eigenvalue weighted by atomic mass is 16.3. The summed E-state index contributed by atoms with van der Waals surface area (Å²) in [5.41, 5.74) is 5.48. The first kappa shape index (κ1) is 33.4. The number of aliphatic hydroxyl groups is 1. The third-order valence-electron chi connectivity index (χ3n) is 12.2. The number of carbonyl (C=O) groups excluding carboxylic acids is 4. The van der Waals surface area contributed by atoms with Crippen LogP contribution in [0.1, 0.15) is 112 Å². The molecule has 1 aromatic carbocycles. The zero-order valence-electron chi connectivity index (χ0n) is 30.7. The molecule has 0 radical (unpaired) electrons. The van der Waals surface area contributed by atoms with Crippen LogP contribution in [0.25, 0.3) is 5.57 Å². The Hall–Kier alpha value is -4.14. The maximum atomic E-state index is 14.8. The van der Waals surface area contributed by atoms with Crippen molar-refractivity contribution in [3.05, 3.63) is 62.2 Å². The van der Waals surface area contributed by atoms with E-state index in [2.05, 4.69) is 75.8 Å². The number of nitrogens with one attached hydrogen (secondary N) is 2. The van der Waals surface area contributed by atoms with E-state index in [-0.39, 0.29) is 50.9 Å². The van der Waals surface area contributed by atoms with Gasteiger partial charge in [0.15, 0.2) is 5.78 Å². The second-order valence-electron chi connectivity index (χ2n) is 17.5. The molecule has 0 atom stereocenters. The van der Waals surface area contributed by atoms with Gasteiger partial charge in [-0.05, 0) is 59.0 Å². The molecule has 3 N–H and O–H groups in total. The highest BCUT2D eigenvalue weighted by Gasteiger charge is 2.53. The standard InChI is InChI=1S/C40H50N4O5/c1-20(45)41-30-22(19-23-32-27(30)38(5,6)12-16-43(32)15-11-37(23,3)4)24-34(47)26(35(24)48)25-31(42-21(2)46)28-33-29(36(25)49)40(9,10)14-18-44(33)17-13-39(28,7)8/h19,47H,11-18H2,1-10H3,(H,41,45)(H,42,46)/b26-25-. The third kappa shape index (κ3) is 4.70. The summed E-state index contributed by atoms with van der Waals surface area (Å²) in [6.45, 7) is 23.3. The van der Waals surface area contributed by atoms with Gasteiger partial charge in [-0.25, -0.2) is 0 Å². The average molecular weight is 667 g/mol. The molecule has 2 aliphatic carbocycles. The second-order valence-corrected chi connectivity index (χ2v) is 17.5. The van der Waals surface area contributed by atoms with E-state index in [9.17, 15) is 24.3 Å². The molecule has 0 aromatic heterocycles. The fraction of sp³-hybridized carbons (Fsp3) is 0.550. The van der Waals surface area contributed by atoms with Crippen LogP contribution in [0.5, 0.6) is 0 Å². The Kier molecular flexibility index (Phi) is 7.11. The maximum Gasteiger partial charge on any atom is 0.221 e. The lowest BCUT2D eigenvalue weighted by molar-refractivity contribution is -0.118. The van der Waals surface area contributed by atoms with Crippen LogP contribution < -0.4 is 15.5 Å². The molecule has 1 fully saturated rings. The average Bonchev–Trinajstić information content (AvgIpc) is 2.97. The Bertz CT molecular complexity index is 1930. The molecule has 0 spiro atoms. The fourth-order valence-electron chi connectivity index (χ4n) is 9.26. The van der Waals surface area contributed by atoms with Crippen LogP contribution in [0.2, 0.25) is 0 Å². The van der Waals surface area contributed by atoms with E-state index in [1.807, 2.05) is 6.07 Å². The molecule has 1 aromatic rings. The van der Waals surface area contributed by atoms with Crippen molar-refractivity contribution >= 4 is 40.3 Å². The predicted octanol–water partition coefficient (Wildman–Crippen LogP) is 6.35. The zero-order valence-corrected chi connectivity index (χ0v) is 30.7. The van der Waals surface area contributed by atoms with Crippen LogP contribution in [0.4, 0.5) is 11.4 Å². The number of anilines is 2. The highest BCUT2D eigenvalue weighted by molar-refractivity contribution is 6.42. The minimum Gasteiger partial charge on any atom is -0.506 e. The molecule has 260 valence electrons. The molecule has 6 aliphatic rings. The van der Waals surface area contributed by atoms with E-state index < -0.39 is 16.6 Å².